The molecule has 0 saturated heterocycles. The largest absolute Gasteiger partial charge is 0.463 e. The molecule has 0 fully saturated rings. The van der Waals surface area contributed by atoms with Crippen LogP contribution in [0.4, 0.5) is 0 Å². The van der Waals surface area contributed by atoms with Gasteiger partial charge in [0.2, 0.25) is 11.7 Å². The summed E-state index contributed by atoms with van der Waals surface area (Å²) in [4.78, 5) is 15.9. The Morgan fingerprint density at radius 2 is 2.11 bits per heavy atom. The normalized spacial score (nSPS) is 10.5. The van der Waals surface area contributed by atoms with Crippen LogP contribution in [-0.2, 0) is 16.1 Å². The van der Waals surface area contributed by atoms with Crippen molar-refractivity contribution in [3.05, 3.63) is 40.2 Å². The number of halogens is 1. The molecule has 0 aliphatic carbocycles. The van der Waals surface area contributed by atoms with E-state index in [4.69, 9.17) is 9.15 Å². The highest BCUT2D eigenvalue weighted by molar-refractivity contribution is 9.10. The number of ether oxygens (including phenoxy) is 2. The summed E-state index contributed by atoms with van der Waals surface area (Å²) in [5, 5.41) is 0. The van der Waals surface area contributed by atoms with Crippen molar-refractivity contribution in [2.24, 2.45) is 0 Å². The molecule has 2 rings (SSSR count). The van der Waals surface area contributed by atoms with Gasteiger partial charge in [-0.2, -0.15) is 0 Å². The van der Waals surface area contributed by atoms with E-state index < -0.39 is 5.97 Å². The highest BCUT2D eigenvalue weighted by atomic mass is 79.9. The minimum absolute atomic E-state index is 0.0649. The van der Waals surface area contributed by atoms with Crippen LogP contribution in [0, 0.1) is 0 Å². The summed E-state index contributed by atoms with van der Waals surface area (Å²) in [6.45, 7) is 0.179. The molecule has 0 radical (unpaired) electrons. The van der Waals surface area contributed by atoms with E-state index in [0.29, 0.717) is 11.6 Å². The molecule has 1 heterocycles. The van der Waals surface area contributed by atoms with Gasteiger partial charge in [0.25, 0.3) is 0 Å². The van der Waals surface area contributed by atoms with Crippen LogP contribution >= 0.6 is 15.9 Å². The van der Waals surface area contributed by atoms with Crippen molar-refractivity contribution in [2.45, 2.75) is 6.61 Å². The van der Waals surface area contributed by atoms with Crippen LogP contribution in [0.5, 0.6) is 0 Å². The molecule has 1 aromatic carbocycles. The van der Waals surface area contributed by atoms with Gasteiger partial charge < -0.3 is 13.9 Å². The minimum Gasteiger partial charge on any atom is -0.463 e. The van der Waals surface area contributed by atoms with Crippen molar-refractivity contribution in [3.8, 4) is 11.5 Å². The van der Waals surface area contributed by atoms with Crippen molar-refractivity contribution in [2.75, 3.05) is 14.2 Å². The van der Waals surface area contributed by atoms with Gasteiger partial charge >= 0.3 is 5.97 Å². The lowest BCUT2D eigenvalue weighted by molar-refractivity contribution is 0.0559. The highest BCUT2D eigenvalue weighted by Gasteiger charge is 2.22. The van der Waals surface area contributed by atoms with E-state index in [1.165, 1.54) is 14.2 Å². The molecule has 5 nitrogen and oxygen atoms in total. The molecule has 0 atom stereocenters. The van der Waals surface area contributed by atoms with Gasteiger partial charge in [-0.05, 0) is 28.1 Å². The molecular weight excluding hydrogens is 314 g/mol. The zero-order chi connectivity index (χ0) is 13.8. The minimum atomic E-state index is -0.571. The van der Waals surface area contributed by atoms with Crippen LogP contribution in [0.15, 0.2) is 33.2 Å². The molecule has 6 heteroatoms. The van der Waals surface area contributed by atoms with Crippen LogP contribution in [0.25, 0.3) is 11.5 Å². The first-order valence-corrected chi connectivity index (χ1v) is 6.28. The standard InChI is InChI=1S/C13H12BrNO4/c1-17-7-10-11(13(16)18-2)19-12(15-10)8-5-3-4-6-9(8)14/h3-6H,7H2,1-2H3. The summed E-state index contributed by atoms with van der Waals surface area (Å²) in [7, 11) is 2.81. The molecule has 0 amide bonds. The third-order valence-electron chi connectivity index (χ3n) is 2.45. The van der Waals surface area contributed by atoms with Gasteiger partial charge in [-0.3, -0.25) is 0 Å². The number of hydrogen-bond acceptors (Lipinski definition) is 5. The van der Waals surface area contributed by atoms with Gasteiger partial charge in [0, 0.05) is 11.6 Å². The molecule has 0 unspecified atom stereocenters. The van der Waals surface area contributed by atoms with Crippen LogP contribution in [0.2, 0.25) is 0 Å². The van der Waals surface area contributed by atoms with Crippen molar-refractivity contribution >= 4 is 21.9 Å². The van der Waals surface area contributed by atoms with E-state index in [-0.39, 0.29) is 12.4 Å². The second-order valence-electron chi connectivity index (χ2n) is 3.70. The summed E-state index contributed by atoms with van der Waals surface area (Å²) in [5.41, 5.74) is 1.18. The molecular formula is C13H12BrNO4. The van der Waals surface area contributed by atoms with Gasteiger partial charge in [0.15, 0.2) is 0 Å². The van der Waals surface area contributed by atoms with Crippen molar-refractivity contribution < 1.29 is 18.7 Å². The molecule has 0 bridgehead atoms. The molecule has 0 spiro atoms. The first-order valence-electron chi connectivity index (χ1n) is 5.49. The Kier molecular flexibility index (Phi) is 4.34. The average molecular weight is 326 g/mol. The average Bonchev–Trinajstić information content (AvgIpc) is 2.83. The first-order chi connectivity index (χ1) is 9.17. The van der Waals surface area contributed by atoms with E-state index in [2.05, 4.69) is 25.7 Å². The first kappa shape index (κ1) is 13.8. The molecule has 100 valence electrons. The molecule has 1 aromatic heterocycles. The number of benzene rings is 1. The summed E-state index contributed by atoms with van der Waals surface area (Å²) < 4.78 is 16.0. The van der Waals surface area contributed by atoms with Crippen molar-refractivity contribution in [1.29, 1.82) is 0 Å². The monoisotopic (exact) mass is 325 g/mol. The van der Waals surface area contributed by atoms with E-state index in [1.54, 1.807) is 0 Å². The molecule has 0 saturated carbocycles. The summed E-state index contributed by atoms with van der Waals surface area (Å²) in [6.07, 6.45) is 0. The van der Waals surface area contributed by atoms with Gasteiger partial charge in [0.05, 0.1) is 19.3 Å². The zero-order valence-electron chi connectivity index (χ0n) is 10.5. The number of carbonyl (C=O) groups excluding carboxylic acids is 1. The Morgan fingerprint density at radius 3 is 2.74 bits per heavy atom. The van der Waals surface area contributed by atoms with Gasteiger partial charge in [0.1, 0.15) is 5.69 Å². The Bertz CT molecular complexity index is 594. The number of carbonyl (C=O) groups is 1. The van der Waals surface area contributed by atoms with Crippen LogP contribution in [0.1, 0.15) is 16.2 Å². The summed E-state index contributed by atoms with van der Waals surface area (Å²) in [6, 6.07) is 7.45. The smallest absolute Gasteiger partial charge is 0.376 e. The fraction of sp³-hybridized carbons (Fsp3) is 0.231. The Hall–Kier alpha value is -1.66. The number of oxazole rings is 1. The fourth-order valence-electron chi connectivity index (χ4n) is 1.59. The molecule has 0 aliphatic heterocycles. The SMILES string of the molecule is COCc1nc(-c2ccccc2Br)oc1C(=O)OC. The maximum absolute atomic E-state index is 11.6. The van der Waals surface area contributed by atoms with Crippen molar-refractivity contribution in [1.82, 2.24) is 4.98 Å². The quantitative estimate of drug-likeness (QED) is 0.808. The van der Waals surface area contributed by atoms with Crippen LogP contribution in [0.3, 0.4) is 0 Å². The third-order valence-corrected chi connectivity index (χ3v) is 3.14. The van der Waals surface area contributed by atoms with E-state index >= 15 is 0 Å². The van der Waals surface area contributed by atoms with E-state index in [0.717, 1.165) is 10.0 Å². The maximum atomic E-state index is 11.6. The number of nitrogens with zero attached hydrogens (tertiary/aromatic N) is 1. The van der Waals surface area contributed by atoms with Crippen LogP contribution < -0.4 is 0 Å². The zero-order valence-corrected chi connectivity index (χ0v) is 12.1. The topological polar surface area (TPSA) is 61.6 Å². The second-order valence-corrected chi connectivity index (χ2v) is 4.55. The maximum Gasteiger partial charge on any atom is 0.376 e. The number of rotatable bonds is 4. The number of hydrogen-bond donors (Lipinski definition) is 0. The number of aromatic nitrogens is 1. The van der Waals surface area contributed by atoms with Crippen molar-refractivity contribution in [3.63, 3.8) is 0 Å². The predicted octanol–water partition coefficient (Wildman–Crippen LogP) is 3.04. The Labute approximate surface area is 118 Å². The van der Waals surface area contributed by atoms with Crippen LogP contribution in [-0.4, -0.2) is 25.2 Å². The number of esters is 1. The third kappa shape index (κ3) is 2.85. The van der Waals surface area contributed by atoms with Gasteiger partial charge in [-0.1, -0.05) is 12.1 Å². The highest BCUT2D eigenvalue weighted by Crippen LogP contribution is 2.29. The second kappa shape index (κ2) is 5.99. The summed E-state index contributed by atoms with van der Waals surface area (Å²) >= 11 is 3.41. The number of methoxy groups -OCH3 is 2. The fourth-order valence-corrected chi connectivity index (χ4v) is 2.04. The lowest BCUT2D eigenvalue weighted by Crippen LogP contribution is -2.04. The Balaban J connectivity index is 2.48. The Morgan fingerprint density at radius 1 is 1.37 bits per heavy atom. The predicted molar refractivity (Wildman–Crippen MR) is 71.7 cm³/mol. The molecule has 2 aromatic rings. The molecule has 19 heavy (non-hydrogen) atoms. The summed E-state index contributed by atoms with van der Waals surface area (Å²) in [5.74, 6) is -0.159. The van der Waals surface area contributed by atoms with E-state index in [1.807, 2.05) is 24.3 Å². The molecule has 0 N–H and O–H groups in total. The lowest BCUT2D eigenvalue weighted by Gasteiger charge is -1.98. The van der Waals surface area contributed by atoms with Gasteiger partial charge in [-0.15, -0.1) is 0 Å². The molecule has 0 aliphatic rings. The van der Waals surface area contributed by atoms with Gasteiger partial charge in [-0.25, -0.2) is 9.78 Å². The van der Waals surface area contributed by atoms with E-state index in [9.17, 15) is 4.79 Å². The lowest BCUT2D eigenvalue weighted by atomic mass is 10.2.